The largest absolute Gasteiger partial charge is 0.382 e. The molecule has 0 aromatic rings. The summed E-state index contributed by atoms with van der Waals surface area (Å²) in [6, 6.07) is 0.651. The summed E-state index contributed by atoms with van der Waals surface area (Å²) < 4.78 is 11.8. The van der Waals surface area contributed by atoms with Crippen LogP contribution in [0.5, 0.6) is 0 Å². The second kappa shape index (κ2) is 9.12. The Kier molecular flexibility index (Phi) is 7.48. The van der Waals surface area contributed by atoms with E-state index in [0.717, 1.165) is 32.3 Å². The van der Waals surface area contributed by atoms with Crippen LogP contribution < -0.4 is 5.32 Å². The van der Waals surface area contributed by atoms with Crippen molar-refractivity contribution in [3.8, 4) is 0 Å². The van der Waals surface area contributed by atoms with Crippen molar-refractivity contribution in [3.63, 3.8) is 0 Å². The van der Waals surface area contributed by atoms with E-state index in [2.05, 4.69) is 19.2 Å². The molecule has 0 radical (unpaired) electrons. The first-order chi connectivity index (χ1) is 10.3. The molecule has 2 atom stereocenters. The van der Waals surface area contributed by atoms with E-state index in [4.69, 9.17) is 9.47 Å². The van der Waals surface area contributed by atoms with Gasteiger partial charge in [-0.15, -0.1) is 0 Å². The SMILES string of the molecule is CCNC(CCCOCC)C1CCOC2(CCCCC2)C1. The van der Waals surface area contributed by atoms with Gasteiger partial charge >= 0.3 is 0 Å². The van der Waals surface area contributed by atoms with Gasteiger partial charge in [0, 0.05) is 25.9 Å². The molecular formula is C18H35NO2. The number of ether oxygens (including phenoxy) is 2. The van der Waals surface area contributed by atoms with Crippen LogP contribution in [0.25, 0.3) is 0 Å². The Morgan fingerprint density at radius 2 is 2.05 bits per heavy atom. The number of hydrogen-bond donors (Lipinski definition) is 1. The standard InChI is InChI=1S/C18H35NO2/c1-3-19-17(9-8-13-20-4-2)16-10-14-21-18(15-16)11-6-5-7-12-18/h16-17,19H,3-15H2,1-2H3. The maximum Gasteiger partial charge on any atom is 0.0685 e. The van der Waals surface area contributed by atoms with Gasteiger partial charge in [-0.3, -0.25) is 0 Å². The van der Waals surface area contributed by atoms with Gasteiger partial charge in [-0.2, -0.15) is 0 Å². The highest BCUT2D eigenvalue weighted by Crippen LogP contribution is 2.42. The van der Waals surface area contributed by atoms with Gasteiger partial charge in [0.15, 0.2) is 0 Å². The molecule has 3 heteroatoms. The van der Waals surface area contributed by atoms with E-state index < -0.39 is 0 Å². The summed E-state index contributed by atoms with van der Waals surface area (Å²) in [5, 5.41) is 3.74. The minimum absolute atomic E-state index is 0.231. The first kappa shape index (κ1) is 17.2. The number of nitrogens with one attached hydrogen (secondary N) is 1. The van der Waals surface area contributed by atoms with Crippen LogP contribution in [-0.2, 0) is 9.47 Å². The summed E-state index contributed by atoms with van der Waals surface area (Å²) >= 11 is 0. The van der Waals surface area contributed by atoms with Crippen molar-refractivity contribution in [2.24, 2.45) is 5.92 Å². The van der Waals surface area contributed by atoms with E-state index in [9.17, 15) is 0 Å². The Bertz CT molecular complexity index is 271. The molecular weight excluding hydrogens is 262 g/mol. The Morgan fingerprint density at radius 3 is 2.76 bits per heavy atom. The molecule has 1 heterocycles. The third-order valence-corrected chi connectivity index (χ3v) is 5.34. The minimum atomic E-state index is 0.231. The van der Waals surface area contributed by atoms with Crippen molar-refractivity contribution < 1.29 is 9.47 Å². The van der Waals surface area contributed by atoms with E-state index >= 15 is 0 Å². The Hall–Kier alpha value is -0.120. The molecule has 2 aliphatic rings. The monoisotopic (exact) mass is 297 g/mol. The lowest BCUT2D eigenvalue weighted by molar-refractivity contribution is -0.122. The van der Waals surface area contributed by atoms with Gasteiger partial charge in [0.2, 0.25) is 0 Å². The number of rotatable bonds is 8. The van der Waals surface area contributed by atoms with Crippen LogP contribution in [0.15, 0.2) is 0 Å². The van der Waals surface area contributed by atoms with E-state index in [1.54, 1.807) is 0 Å². The highest BCUT2D eigenvalue weighted by atomic mass is 16.5. The maximum atomic E-state index is 6.26. The van der Waals surface area contributed by atoms with Crippen LogP contribution in [0.4, 0.5) is 0 Å². The molecule has 2 fully saturated rings. The van der Waals surface area contributed by atoms with Crippen molar-refractivity contribution >= 4 is 0 Å². The van der Waals surface area contributed by atoms with E-state index in [1.165, 1.54) is 57.8 Å². The molecule has 1 saturated carbocycles. The fraction of sp³-hybridized carbons (Fsp3) is 1.00. The lowest BCUT2D eigenvalue weighted by Gasteiger charge is -2.45. The topological polar surface area (TPSA) is 30.5 Å². The molecule has 1 saturated heterocycles. The van der Waals surface area contributed by atoms with Gasteiger partial charge < -0.3 is 14.8 Å². The van der Waals surface area contributed by atoms with E-state index in [-0.39, 0.29) is 5.60 Å². The minimum Gasteiger partial charge on any atom is -0.382 e. The van der Waals surface area contributed by atoms with Crippen LogP contribution >= 0.6 is 0 Å². The average Bonchev–Trinajstić information content (AvgIpc) is 2.51. The molecule has 1 N–H and O–H groups in total. The summed E-state index contributed by atoms with van der Waals surface area (Å²) in [4.78, 5) is 0. The van der Waals surface area contributed by atoms with Crippen molar-refractivity contribution in [1.29, 1.82) is 0 Å². The Labute approximate surface area is 131 Å². The van der Waals surface area contributed by atoms with Crippen LogP contribution in [0, 0.1) is 5.92 Å². The van der Waals surface area contributed by atoms with Gasteiger partial charge in [-0.25, -0.2) is 0 Å². The first-order valence-electron chi connectivity index (χ1n) is 9.25. The molecule has 21 heavy (non-hydrogen) atoms. The summed E-state index contributed by atoms with van der Waals surface area (Å²) in [7, 11) is 0. The molecule has 2 rings (SSSR count). The second-order valence-electron chi connectivity index (χ2n) is 6.85. The third-order valence-electron chi connectivity index (χ3n) is 5.34. The zero-order valence-electron chi connectivity index (χ0n) is 14.2. The van der Waals surface area contributed by atoms with Gasteiger partial charge in [0.25, 0.3) is 0 Å². The van der Waals surface area contributed by atoms with Crippen LogP contribution in [0.3, 0.4) is 0 Å². The number of hydrogen-bond acceptors (Lipinski definition) is 3. The van der Waals surface area contributed by atoms with E-state index in [0.29, 0.717) is 6.04 Å². The van der Waals surface area contributed by atoms with Gasteiger partial charge in [0.05, 0.1) is 5.60 Å². The normalized spacial score (nSPS) is 26.9. The molecule has 0 amide bonds. The quantitative estimate of drug-likeness (QED) is 0.689. The van der Waals surface area contributed by atoms with Crippen molar-refractivity contribution in [2.75, 3.05) is 26.4 Å². The van der Waals surface area contributed by atoms with Gasteiger partial charge in [-0.05, 0) is 57.9 Å². The lowest BCUT2D eigenvalue weighted by Crippen LogP contribution is -2.47. The maximum absolute atomic E-state index is 6.26. The summed E-state index contributed by atoms with van der Waals surface area (Å²) in [6.45, 7) is 8.10. The van der Waals surface area contributed by atoms with Crippen LogP contribution in [-0.4, -0.2) is 38.0 Å². The molecule has 1 aliphatic carbocycles. The molecule has 0 aromatic heterocycles. The van der Waals surface area contributed by atoms with Crippen molar-refractivity contribution in [2.45, 2.75) is 83.3 Å². The van der Waals surface area contributed by atoms with Crippen molar-refractivity contribution in [3.05, 3.63) is 0 Å². The second-order valence-corrected chi connectivity index (χ2v) is 6.85. The third kappa shape index (κ3) is 5.22. The van der Waals surface area contributed by atoms with Crippen LogP contribution in [0.1, 0.15) is 71.6 Å². The summed E-state index contributed by atoms with van der Waals surface area (Å²) in [5.74, 6) is 0.790. The zero-order valence-corrected chi connectivity index (χ0v) is 14.2. The van der Waals surface area contributed by atoms with Gasteiger partial charge in [-0.1, -0.05) is 26.2 Å². The zero-order chi connectivity index (χ0) is 15.0. The molecule has 1 aliphatic heterocycles. The van der Waals surface area contributed by atoms with Gasteiger partial charge in [0.1, 0.15) is 0 Å². The predicted molar refractivity (Wildman–Crippen MR) is 87.7 cm³/mol. The molecule has 3 nitrogen and oxygen atoms in total. The van der Waals surface area contributed by atoms with Crippen molar-refractivity contribution in [1.82, 2.24) is 5.32 Å². The molecule has 124 valence electrons. The fourth-order valence-corrected chi connectivity index (χ4v) is 4.27. The summed E-state index contributed by atoms with van der Waals surface area (Å²) in [5.41, 5.74) is 0.231. The predicted octanol–water partition coefficient (Wildman–Crippen LogP) is 3.91. The average molecular weight is 297 g/mol. The highest BCUT2D eigenvalue weighted by molar-refractivity contribution is 4.93. The highest BCUT2D eigenvalue weighted by Gasteiger charge is 2.40. The lowest BCUT2D eigenvalue weighted by atomic mass is 9.73. The Morgan fingerprint density at radius 1 is 1.24 bits per heavy atom. The van der Waals surface area contributed by atoms with E-state index in [1.807, 2.05) is 0 Å². The first-order valence-corrected chi connectivity index (χ1v) is 9.25. The molecule has 1 spiro atoms. The summed E-state index contributed by atoms with van der Waals surface area (Å²) in [6.07, 6.45) is 11.6. The molecule has 0 bridgehead atoms. The fourth-order valence-electron chi connectivity index (χ4n) is 4.27. The smallest absolute Gasteiger partial charge is 0.0685 e. The Balaban J connectivity index is 1.85. The molecule has 0 aromatic carbocycles. The van der Waals surface area contributed by atoms with Crippen LogP contribution in [0.2, 0.25) is 0 Å². The molecule has 2 unspecified atom stereocenters.